The minimum atomic E-state index is -0.541. The minimum Gasteiger partial charge on any atom is -0.497 e. The van der Waals surface area contributed by atoms with Gasteiger partial charge in [-0.05, 0) is 61.3 Å². The van der Waals surface area contributed by atoms with Crippen LogP contribution in [-0.4, -0.2) is 29.8 Å². The molecule has 0 amide bonds. The van der Waals surface area contributed by atoms with Gasteiger partial charge in [0.15, 0.2) is 0 Å². The Labute approximate surface area is 166 Å². The van der Waals surface area contributed by atoms with E-state index in [1.807, 2.05) is 54.6 Å². The number of aliphatic hydroxyl groups excluding tert-OH is 1. The van der Waals surface area contributed by atoms with E-state index in [4.69, 9.17) is 9.72 Å². The first kappa shape index (κ1) is 19.6. The van der Waals surface area contributed by atoms with E-state index in [1.54, 1.807) is 7.11 Å². The highest BCUT2D eigenvalue weighted by Crippen LogP contribution is 2.32. The lowest BCUT2D eigenvalue weighted by Gasteiger charge is -2.29. The van der Waals surface area contributed by atoms with Crippen molar-refractivity contribution in [2.24, 2.45) is 0 Å². The highest BCUT2D eigenvalue weighted by molar-refractivity contribution is 5.86. The second-order valence-electron chi connectivity index (χ2n) is 6.84. The molecule has 1 fully saturated rings. The van der Waals surface area contributed by atoms with E-state index in [-0.39, 0.29) is 18.4 Å². The molecule has 4 nitrogen and oxygen atoms in total. The highest BCUT2D eigenvalue weighted by atomic mass is 35.5. The Bertz CT molecular complexity index is 892. The monoisotopic (exact) mass is 384 g/mol. The summed E-state index contributed by atoms with van der Waals surface area (Å²) in [4.78, 5) is 4.82. The third kappa shape index (κ3) is 4.08. The molecule has 1 aliphatic heterocycles. The van der Waals surface area contributed by atoms with Gasteiger partial charge in [-0.25, -0.2) is 4.98 Å². The van der Waals surface area contributed by atoms with Crippen LogP contribution in [0.15, 0.2) is 54.6 Å². The van der Waals surface area contributed by atoms with E-state index in [2.05, 4.69) is 5.32 Å². The van der Waals surface area contributed by atoms with Gasteiger partial charge in [0.1, 0.15) is 5.75 Å². The van der Waals surface area contributed by atoms with Crippen LogP contribution >= 0.6 is 12.4 Å². The Kier molecular flexibility index (Phi) is 6.32. The molecule has 2 heterocycles. The van der Waals surface area contributed by atoms with Crippen LogP contribution in [0.4, 0.5) is 0 Å². The molecule has 4 rings (SSSR count). The Hall–Kier alpha value is -2.14. The average molecular weight is 385 g/mol. The van der Waals surface area contributed by atoms with E-state index >= 15 is 0 Å². The second-order valence-corrected chi connectivity index (χ2v) is 6.84. The van der Waals surface area contributed by atoms with Crippen LogP contribution in [0.5, 0.6) is 5.75 Å². The molecule has 27 heavy (non-hydrogen) atoms. The number of nitrogens with one attached hydrogen (secondary N) is 1. The molecule has 142 valence electrons. The number of ether oxygens (including phenoxy) is 1. The van der Waals surface area contributed by atoms with Crippen molar-refractivity contribution in [3.63, 3.8) is 0 Å². The number of nitrogens with zero attached hydrogens (tertiary/aromatic N) is 1. The Morgan fingerprint density at radius 2 is 1.89 bits per heavy atom. The fourth-order valence-electron chi connectivity index (χ4n) is 3.72. The number of piperidine rings is 1. The second kappa shape index (κ2) is 8.70. The van der Waals surface area contributed by atoms with Gasteiger partial charge in [0.05, 0.1) is 24.4 Å². The van der Waals surface area contributed by atoms with Crippen LogP contribution in [0.2, 0.25) is 0 Å². The normalized spacial score (nSPS) is 17.9. The molecule has 2 aromatic carbocycles. The summed E-state index contributed by atoms with van der Waals surface area (Å²) in [5, 5.41) is 15.6. The van der Waals surface area contributed by atoms with E-state index in [0.29, 0.717) is 0 Å². The molecular formula is C22H25ClN2O2. The summed E-state index contributed by atoms with van der Waals surface area (Å²) in [6.07, 6.45) is 2.79. The van der Waals surface area contributed by atoms with E-state index < -0.39 is 6.10 Å². The summed E-state index contributed by atoms with van der Waals surface area (Å²) < 4.78 is 5.25. The van der Waals surface area contributed by atoms with Gasteiger partial charge in [-0.1, -0.05) is 24.6 Å². The topological polar surface area (TPSA) is 54.4 Å². The summed E-state index contributed by atoms with van der Waals surface area (Å²) in [5.41, 5.74) is 3.74. The zero-order chi connectivity index (χ0) is 17.9. The molecular weight excluding hydrogens is 360 g/mol. The van der Waals surface area contributed by atoms with E-state index in [1.165, 1.54) is 6.42 Å². The third-order valence-electron chi connectivity index (χ3n) is 5.18. The predicted molar refractivity (Wildman–Crippen MR) is 112 cm³/mol. The van der Waals surface area contributed by atoms with Gasteiger partial charge in [-0.15, -0.1) is 12.4 Å². The van der Waals surface area contributed by atoms with E-state index in [0.717, 1.165) is 52.9 Å². The lowest BCUT2D eigenvalue weighted by Crippen LogP contribution is -2.38. The lowest BCUT2D eigenvalue weighted by atomic mass is 9.92. The molecule has 0 bridgehead atoms. The van der Waals surface area contributed by atoms with Crippen LogP contribution in [0.25, 0.3) is 22.2 Å². The van der Waals surface area contributed by atoms with Gasteiger partial charge in [-0.2, -0.15) is 0 Å². The number of halogens is 1. The van der Waals surface area contributed by atoms with Crippen molar-refractivity contribution >= 4 is 23.3 Å². The number of aromatic nitrogens is 1. The molecule has 2 N–H and O–H groups in total. The molecule has 2 atom stereocenters. The molecule has 3 aromatic rings. The first-order valence-electron chi connectivity index (χ1n) is 9.22. The summed E-state index contributed by atoms with van der Waals surface area (Å²) in [6, 6.07) is 18.0. The first-order chi connectivity index (χ1) is 12.8. The molecule has 0 unspecified atom stereocenters. The van der Waals surface area contributed by atoms with Crippen molar-refractivity contribution in [1.29, 1.82) is 0 Å². The predicted octanol–water partition coefficient (Wildman–Crippen LogP) is 4.51. The third-order valence-corrected chi connectivity index (χ3v) is 5.18. The maximum Gasteiger partial charge on any atom is 0.118 e. The summed E-state index contributed by atoms with van der Waals surface area (Å²) in [7, 11) is 1.66. The number of benzene rings is 2. The summed E-state index contributed by atoms with van der Waals surface area (Å²) >= 11 is 0. The SMILES string of the molecule is COc1ccc(-c2cc([C@H](O)[C@@H]3CCCCN3)c3ccccc3n2)cc1.Cl. The molecule has 0 saturated carbocycles. The smallest absolute Gasteiger partial charge is 0.118 e. The highest BCUT2D eigenvalue weighted by Gasteiger charge is 2.25. The van der Waals surface area contributed by atoms with Crippen molar-refractivity contribution in [2.45, 2.75) is 31.4 Å². The number of para-hydroxylation sites is 1. The van der Waals surface area contributed by atoms with Crippen LogP contribution < -0.4 is 10.1 Å². The molecule has 5 heteroatoms. The number of hydrogen-bond acceptors (Lipinski definition) is 4. The van der Waals surface area contributed by atoms with Crippen LogP contribution in [-0.2, 0) is 0 Å². The number of aliphatic hydroxyl groups is 1. The number of pyridine rings is 1. The van der Waals surface area contributed by atoms with Crippen LogP contribution in [0, 0.1) is 0 Å². The zero-order valence-corrected chi connectivity index (χ0v) is 16.2. The van der Waals surface area contributed by atoms with Gasteiger partial charge >= 0.3 is 0 Å². The van der Waals surface area contributed by atoms with Gasteiger partial charge in [0, 0.05) is 17.0 Å². The summed E-state index contributed by atoms with van der Waals surface area (Å²) in [5.74, 6) is 0.821. The minimum absolute atomic E-state index is 0. The molecule has 1 aliphatic rings. The number of fused-ring (bicyclic) bond motifs is 1. The van der Waals surface area contributed by atoms with Crippen molar-refractivity contribution in [3.05, 3.63) is 60.2 Å². The fraction of sp³-hybridized carbons (Fsp3) is 0.318. The summed E-state index contributed by atoms with van der Waals surface area (Å²) in [6.45, 7) is 0.968. The Morgan fingerprint density at radius 3 is 2.59 bits per heavy atom. The lowest BCUT2D eigenvalue weighted by molar-refractivity contribution is 0.115. The maximum absolute atomic E-state index is 11.1. The van der Waals surface area contributed by atoms with Crippen molar-refractivity contribution in [2.75, 3.05) is 13.7 Å². The fourth-order valence-corrected chi connectivity index (χ4v) is 3.72. The van der Waals surface area contributed by atoms with Crippen molar-refractivity contribution in [3.8, 4) is 17.0 Å². The van der Waals surface area contributed by atoms with Gasteiger partial charge < -0.3 is 15.2 Å². The average Bonchev–Trinajstić information content (AvgIpc) is 2.73. The Morgan fingerprint density at radius 1 is 1.11 bits per heavy atom. The zero-order valence-electron chi connectivity index (χ0n) is 15.4. The molecule has 1 saturated heterocycles. The number of methoxy groups -OCH3 is 1. The van der Waals surface area contributed by atoms with Crippen molar-refractivity contribution in [1.82, 2.24) is 10.3 Å². The quantitative estimate of drug-likeness (QED) is 0.695. The first-order valence-corrected chi connectivity index (χ1v) is 9.22. The standard InChI is InChI=1S/C22H24N2O2.ClH/c1-26-16-11-9-15(10-12-16)21-14-18(17-6-2-3-7-19(17)24-21)22(25)20-8-4-5-13-23-20;/h2-3,6-7,9-12,14,20,22-23,25H,4-5,8,13H2,1H3;1H/t20-,22-;/m0./s1. The van der Waals surface area contributed by atoms with Gasteiger partial charge in [0.2, 0.25) is 0 Å². The largest absolute Gasteiger partial charge is 0.497 e. The van der Waals surface area contributed by atoms with Crippen molar-refractivity contribution < 1.29 is 9.84 Å². The number of hydrogen-bond donors (Lipinski definition) is 2. The molecule has 0 radical (unpaired) electrons. The maximum atomic E-state index is 11.1. The number of rotatable bonds is 4. The van der Waals surface area contributed by atoms with Crippen LogP contribution in [0.3, 0.4) is 0 Å². The van der Waals surface area contributed by atoms with E-state index in [9.17, 15) is 5.11 Å². The van der Waals surface area contributed by atoms with Gasteiger partial charge in [0.25, 0.3) is 0 Å². The van der Waals surface area contributed by atoms with Gasteiger partial charge in [-0.3, -0.25) is 0 Å². The molecule has 0 spiro atoms. The Balaban J connectivity index is 0.00000210. The van der Waals surface area contributed by atoms with Crippen LogP contribution in [0.1, 0.15) is 30.9 Å². The molecule has 0 aliphatic carbocycles. The molecule has 1 aromatic heterocycles.